The van der Waals surface area contributed by atoms with Crippen LogP contribution in [0.5, 0.6) is 17.2 Å². The van der Waals surface area contributed by atoms with Gasteiger partial charge in [0.1, 0.15) is 17.2 Å². The monoisotopic (exact) mass is 262 g/mol. The van der Waals surface area contributed by atoms with Crippen LogP contribution in [0.2, 0.25) is 0 Å². The van der Waals surface area contributed by atoms with Crippen molar-refractivity contribution in [2.75, 3.05) is 0 Å². The molecule has 0 radical (unpaired) electrons. The Labute approximate surface area is 102 Å². The van der Waals surface area contributed by atoms with Crippen molar-refractivity contribution in [3.05, 3.63) is 18.2 Å². The number of ether oxygens (including phenoxy) is 2. The van der Waals surface area contributed by atoms with Gasteiger partial charge in [-0.05, 0) is 25.7 Å². The Balaban J connectivity index is 2.10. The molecule has 0 bridgehead atoms. The minimum atomic E-state index is -4.78. The van der Waals surface area contributed by atoms with E-state index in [-0.39, 0.29) is 17.6 Å². The van der Waals surface area contributed by atoms with Gasteiger partial charge >= 0.3 is 6.36 Å². The number of phenols is 1. The molecule has 1 aromatic carbocycles. The van der Waals surface area contributed by atoms with Crippen LogP contribution in [0.1, 0.15) is 25.7 Å². The number of benzene rings is 1. The van der Waals surface area contributed by atoms with E-state index in [9.17, 15) is 18.3 Å². The fourth-order valence-corrected chi connectivity index (χ4v) is 2.02. The first-order valence-electron chi connectivity index (χ1n) is 5.69. The molecular formula is C12H13F3O3. The average Bonchev–Trinajstić information content (AvgIpc) is 2.66. The Bertz CT molecular complexity index is 412. The minimum Gasteiger partial charge on any atom is -0.508 e. The van der Waals surface area contributed by atoms with Crippen LogP contribution in [0.4, 0.5) is 13.2 Å². The fraction of sp³-hybridized carbons (Fsp3) is 0.500. The molecule has 2 rings (SSSR count). The lowest BCUT2D eigenvalue weighted by atomic mass is 10.2. The number of rotatable bonds is 3. The third kappa shape index (κ3) is 3.72. The van der Waals surface area contributed by atoms with Gasteiger partial charge in [-0.3, -0.25) is 0 Å². The summed E-state index contributed by atoms with van der Waals surface area (Å²) in [5, 5.41) is 9.34. The molecule has 1 aromatic rings. The van der Waals surface area contributed by atoms with Gasteiger partial charge in [-0.1, -0.05) is 0 Å². The lowest BCUT2D eigenvalue weighted by Gasteiger charge is -2.15. The lowest BCUT2D eigenvalue weighted by Crippen LogP contribution is -2.17. The van der Waals surface area contributed by atoms with Crippen molar-refractivity contribution in [2.24, 2.45) is 0 Å². The molecule has 0 aliphatic heterocycles. The van der Waals surface area contributed by atoms with Crippen LogP contribution in [0.25, 0.3) is 0 Å². The fourth-order valence-electron chi connectivity index (χ4n) is 2.02. The molecule has 18 heavy (non-hydrogen) atoms. The highest BCUT2D eigenvalue weighted by atomic mass is 19.4. The maximum Gasteiger partial charge on any atom is 0.573 e. The molecule has 0 atom stereocenters. The number of phenolic OH excluding ortho intramolecular Hbond substituents is 1. The van der Waals surface area contributed by atoms with Gasteiger partial charge in [-0.25, -0.2) is 0 Å². The standard InChI is InChI=1S/C12H13F3O3/c13-12(14,15)18-11-6-8(16)5-10(7-11)17-9-3-1-2-4-9/h5-7,9,16H,1-4H2. The average molecular weight is 262 g/mol. The maximum atomic E-state index is 12.1. The molecule has 6 heteroatoms. The van der Waals surface area contributed by atoms with Crippen molar-refractivity contribution >= 4 is 0 Å². The van der Waals surface area contributed by atoms with Crippen molar-refractivity contribution in [2.45, 2.75) is 38.1 Å². The summed E-state index contributed by atoms with van der Waals surface area (Å²) in [5.74, 6) is -0.596. The highest BCUT2D eigenvalue weighted by Crippen LogP contribution is 2.33. The van der Waals surface area contributed by atoms with Crippen LogP contribution in [-0.2, 0) is 0 Å². The molecule has 0 spiro atoms. The van der Waals surface area contributed by atoms with Crippen molar-refractivity contribution in [1.29, 1.82) is 0 Å². The van der Waals surface area contributed by atoms with Gasteiger partial charge in [0.25, 0.3) is 0 Å². The molecule has 0 unspecified atom stereocenters. The lowest BCUT2D eigenvalue weighted by molar-refractivity contribution is -0.274. The SMILES string of the molecule is Oc1cc(OC2CCCC2)cc(OC(F)(F)F)c1. The molecule has 1 saturated carbocycles. The van der Waals surface area contributed by atoms with Crippen LogP contribution >= 0.6 is 0 Å². The quantitative estimate of drug-likeness (QED) is 0.904. The second-order valence-corrected chi connectivity index (χ2v) is 4.23. The summed E-state index contributed by atoms with van der Waals surface area (Å²) in [7, 11) is 0. The molecule has 0 saturated heterocycles. The summed E-state index contributed by atoms with van der Waals surface area (Å²) >= 11 is 0. The predicted molar refractivity (Wildman–Crippen MR) is 57.7 cm³/mol. The van der Waals surface area contributed by atoms with Gasteiger partial charge in [0.15, 0.2) is 0 Å². The van der Waals surface area contributed by atoms with E-state index in [1.54, 1.807) is 0 Å². The van der Waals surface area contributed by atoms with E-state index in [1.165, 1.54) is 6.07 Å². The summed E-state index contributed by atoms with van der Waals surface area (Å²) < 4.78 is 45.4. The predicted octanol–water partition coefficient (Wildman–Crippen LogP) is 3.61. The van der Waals surface area contributed by atoms with E-state index in [2.05, 4.69) is 4.74 Å². The van der Waals surface area contributed by atoms with Crippen LogP contribution in [0.3, 0.4) is 0 Å². The zero-order valence-corrected chi connectivity index (χ0v) is 9.54. The summed E-state index contributed by atoms with van der Waals surface area (Å²) in [5.41, 5.74) is 0. The van der Waals surface area contributed by atoms with Gasteiger partial charge in [0.2, 0.25) is 0 Å². The van der Waals surface area contributed by atoms with E-state index < -0.39 is 12.1 Å². The molecule has 1 fully saturated rings. The van der Waals surface area contributed by atoms with E-state index >= 15 is 0 Å². The van der Waals surface area contributed by atoms with E-state index in [1.807, 2.05) is 0 Å². The van der Waals surface area contributed by atoms with E-state index in [4.69, 9.17) is 4.74 Å². The molecule has 3 nitrogen and oxygen atoms in total. The Hall–Kier alpha value is -1.59. The second kappa shape index (κ2) is 4.96. The molecule has 1 aliphatic rings. The Morgan fingerprint density at radius 1 is 1.06 bits per heavy atom. The van der Waals surface area contributed by atoms with Crippen molar-refractivity contribution < 1.29 is 27.8 Å². The molecule has 1 N–H and O–H groups in total. The van der Waals surface area contributed by atoms with E-state index in [0.29, 0.717) is 0 Å². The first-order chi connectivity index (χ1) is 8.42. The van der Waals surface area contributed by atoms with Crippen molar-refractivity contribution in [3.8, 4) is 17.2 Å². The smallest absolute Gasteiger partial charge is 0.508 e. The molecule has 0 amide bonds. The zero-order valence-electron chi connectivity index (χ0n) is 9.54. The molecule has 1 aliphatic carbocycles. The topological polar surface area (TPSA) is 38.7 Å². The summed E-state index contributed by atoms with van der Waals surface area (Å²) in [6.07, 6.45) is -0.912. The van der Waals surface area contributed by atoms with E-state index in [0.717, 1.165) is 37.8 Å². The molecule has 0 heterocycles. The highest BCUT2D eigenvalue weighted by Gasteiger charge is 2.31. The zero-order chi connectivity index (χ0) is 13.2. The second-order valence-electron chi connectivity index (χ2n) is 4.23. The number of hydrogen-bond donors (Lipinski definition) is 1. The minimum absolute atomic E-state index is 0.00513. The van der Waals surface area contributed by atoms with Crippen LogP contribution < -0.4 is 9.47 Å². The summed E-state index contributed by atoms with van der Waals surface area (Å²) in [6.45, 7) is 0. The van der Waals surface area contributed by atoms with Gasteiger partial charge in [0.05, 0.1) is 6.10 Å². The summed E-state index contributed by atoms with van der Waals surface area (Å²) in [6, 6.07) is 3.31. The molecular weight excluding hydrogens is 249 g/mol. The van der Waals surface area contributed by atoms with Crippen molar-refractivity contribution in [1.82, 2.24) is 0 Å². The number of aromatic hydroxyl groups is 1. The molecule has 0 aromatic heterocycles. The largest absolute Gasteiger partial charge is 0.573 e. The molecule has 100 valence electrons. The number of halogens is 3. The summed E-state index contributed by atoms with van der Waals surface area (Å²) in [4.78, 5) is 0. The Morgan fingerprint density at radius 3 is 2.28 bits per heavy atom. The number of alkyl halides is 3. The normalized spacial score (nSPS) is 16.8. The first-order valence-corrected chi connectivity index (χ1v) is 5.69. The third-order valence-corrected chi connectivity index (χ3v) is 2.70. The first kappa shape index (κ1) is 12.9. The van der Waals surface area contributed by atoms with Crippen LogP contribution in [0.15, 0.2) is 18.2 Å². The van der Waals surface area contributed by atoms with Gasteiger partial charge in [-0.2, -0.15) is 0 Å². The van der Waals surface area contributed by atoms with Gasteiger partial charge in [0, 0.05) is 18.2 Å². The van der Waals surface area contributed by atoms with Crippen molar-refractivity contribution in [3.63, 3.8) is 0 Å². The third-order valence-electron chi connectivity index (χ3n) is 2.70. The van der Waals surface area contributed by atoms with Gasteiger partial charge in [-0.15, -0.1) is 13.2 Å². The maximum absolute atomic E-state index is 12.1. The van der Waals surface area contributed by atoms with Crippen LogP contribution in [0, 0.1) is 0 Å². The number of hydrogen-bond acceptors (Lipinski definition) is 3. The highest BCUT2D eigenvalue weighted by molar-refractivity contribution is 5.41. The Kier molecular flexibility index (Phi) is 3.54. The van der Waals surface area contributed by atoms with Gasteiger partial charge < -0.3 is 14.6 Å². The Morgan fingerprint density at radius 2 is 1.67 bits per heavy atom. The van der Waals surface area contributed by atoms with Crippen LogP contribution in [-0.4, -0.2) is 17.6 Å².